The molecule has 208 valence electrons. The molecule has 0 aliphatic carbocycles. The molecule has 0 atom stereocenters. The first-order valence-electron chi connectivity index (χ1n) is 8.74. The first-order chi connectivity index (χ1) is 16.2. The van der Waals surface area contributed by atoms with E-state index in [0.717, 1.165) is 0 Å². The number of hydrogen-bond acceptors (Lipinski definition) is 4. The van der Waals surface area contributed by atoms with Crippen LogP contribution >= 0.6 is 0 Å². The van der Waals surface area contributed by atoms with Crippen LogP contribution in [0, 0.1) is 0 Å². The Morgan fingerprint density at radius 2 is 0.784 bits per heavy atom. The van der Waals surface area contributed by atoms with Gasteiger partial charge in [-0.05, 0) is 41.8 Å². The van der Waals surface area contributed by atoms with Gasteiger partial charge in [0.25, 0.3) is 20.2 Å². The molecule has 2 aromatic carbocycles. The van der Waals surface area contributed by atoms with Crippen molar-refractivity contribution in [3.63, 3.8) is 0 Å². The van der Waals surface area contributed by atoms with Gasteiger partial charge >= 0.3 is 24.7 Å². The van der Waals surface area contributed by atoms with Crippen molar-refractivity contribution in [1.29, 1.82) is 0 Å². The first kappa shape index (κ1) is 30.6. The van der Waals surface area contributed by atoms with Crippen LogP contribution in [0.1, 0.15) is 33.4 Å². The second-order valence-corrected chi connectivity index (χ2v) is 9.83. The maximum absolute atomic E-state index is 13.7. The molecule has 0 bridgehead atoms. The fraction of sp³-hybridized carbons (Fsp3) is 0.294. The van der Waals surface area contributed by atoms with Gasteiger partial charge in [0, 0.05) is 0 Å². The Bertz CT molecular complexity index is 1320. The Balaban J connectivity index is 3.28. The van der Waals surface area contributed by atoms with Gasteiger partial charge < -0.3 is 0 Å². The van der Waals surface area contributed by atoms with Crippen LogP contribution in [0.5, 0.6) is 0 Å². The van der Waals surface area contributed by atoms with E-state index in [4.69, 9.17) is 9.11 Å². The van der Waals surface area contributed by atoms with Crippen LogP contribution < -0.4 is 0 Å². The van der Waals surface area contributed by atoms with Crippen LogP contribution in [0.3, 0.4) is 0 Å². The van der Waals surface area contributed by atoms with E-state index in [0.29, 0.717) is 0 Å². The minimum Gasteiger partial charge on any atom is -0.282 e. The molecule has 2 rings (SSSR count). The molecule has 0 aromatic heterocycles. The van der Waals surface area contributed by atoms with Crippen LogP contribution in [0.4, 0.5) is 52.7 Å². The quantitative estimate of drug-likeness (QED) is 0.337. The molecule has 0 unspecified atom stereocenters. The van der Waals surface area contributed by atoms with Crippen molar-refractivity contribution in [3.8, 4) is 0 Å². The number of hydrogen-bond donors (Lipinski definition) is 2. The zero-order chi connectivity index (χ0) is 29.2. The fourth-order valence-electron chi connectivity index (χ4n) is 3.38. The Morgan fingerprint density at radius 1 is 0.514 bits per heavy atom. The lowest BCUT2D eigenvalue weighted by Crippen LogP contribution is -2.24. The Labute approximate surface area is 198 Å². The molecule has 0 aliphatic rings. The summed E-state index contributed by atoms with van der Waals surface area (Å²) in [6, 6.07) is -1.73. The lowest BCUT2D eigenvalue weighted by atomic mass is 9.88. The zero-order valence-corrected chi connectivity index (χ0v) is 18.5. The topological polar surface area (TPSA) is 109 Å². The van der Waals surface area contributed by atoms with Gasteiger partial charge in [0.05, 0.1) is 22.3 Å². The van der Waals surface area contributed by atoms with Gasteiger partial charge in [-0.15, -0.1) is 0 Å². The SMILES string of the molecule is O=S(=O)(O)c1ccc(C(F)(F)F)c(Cc2c(C(F)(F)F)ccc(S(=O)(=O)O)c2C(F)(F)F)c1C(F)(F)F. The molecule has 2 aromatic rings. The van der Waals surface area contributed by atoms with E-state index >= 15 is 0 Å². The minimum atomic E-state index is -6.22. The van der Waals surface area contributed by atoms with Crippen LogP contribution in [-0.4, -0.2) is 25.9 Å². The van der Waals surface area contributed by atoms with Gasteiger partial charge in [0.1, 0.15) is 9.79 Å². The van der Waals surface area contributed by atoms with Crippen molar-refractivity contribution < 1.29 is 78.6 Å². The third-order valence-electron chi connectivity index (χ3n) is 4.64. The van der Waals surface area contributed by atoms with Crippen molar-refractivity contribution in [2.24, 2.45) is 0 Å². The Kier molecular flexibility index (Phi) is 7.47. The predicted octanol–water partition coefficient (Wildman–Crippen LogP) is 5.85. The molecule has 20 heteroatoms. The predicted molar refractivity (Wildman–Crippen MR) is 95.3 cm³/mol. The molecule has 0 aliphatic heterocycles. The van der Waals surface area contributed by atoms with E-state index in [1.807, 2.05) is 0 Å². The van der Waals surface area contributed by atoms with Crippen LogP contribution in [0.25, 0.3) is 0 Å². The highest BCUT2D eigenvalue weighted by Gasteiger charge is 2.48. The van der Waals surface area contributed by atoms with Crippen molar-refractivity contribution in [2.75, 3.05) is 0 Å². The summed E-state index contributed by atoms with van der Waals surface area (Å²) in [6.07, 6.45) is -27.0. The summed E-state index contributed by atoms with van der Waals surface area (Å²) in [6.45, 7) is 0. The maximum Gasteiger partial charge on any atom is 0.418 e. The molecule has 0 radical (unpaired) electrons. The third kappa shape index (κ3) is 6.47. The summed E-state index contributed by atoms with van der Waals surface area (Å²) >= 11 is 0. The molecular weight excluding hydrogens is 592 g/mol. The Morgan fingerprint density at radius 3 is 0.973 bits per heavy atom. The molecule has 0 saturated carbocycles. The minimum absolute atomic E-state index is 0.422. The largest absolute Gasteiger partial charge is 0.418 e. The molecule has 37 heavy (non-hydrogen) atoms. The van der Waals surface area contributed by atoms with E-state index in [2.05, 4.69) is 0 Å². The molecule has 0 amide bonds. The summed E-state index contributed by atoms with van der Waals surface area (Å²) in [5, 5.41) is 0. The highest BCUT2D eigenvalue weighted by molar-refractivity contribution is 7.86. The standard InChI is InChI=1S/C17H8F12O6S2/c18-14(19,20)8-1-3-10(36(30,31)32)12(16(24,25)26)6(8)5-7-9(15(21,22)23)2-4-11(37(33,34)35)13(7)17(27,28)29/h1-4H,5H2,(H,30,31,32)(H,33,34,35). The number of rotatable bonds is 4. The lowest BCUT2D eigenvalue weighted by molar-refractivity contribution is -0.145. The van der Waals surface area contributed by atoms with E-state index < -0.39 is 119 Å². The fourth-order valence-corrected chi connectivity index (χ4v) is 4.85. The van der Waals surface area contributed by atoms with Gasteiger partial charge in [-0.1, -0.05) is 0 Å². The van der Waals surface area contributed by atoms with E-state index in [9.17, 15) is 69.5 Å². The van der Waals surface area contributed by atoms with Crippen molar-refractivity contribution in [2.45, 2.75) is 40.9 Å². The number of benzene rings is 2. The summed E-state index contributed by atoms with van der Waals surface area (Å²) in [4.78, 5) is -4.67. The van der Waals surface area contributed by atoms with Crippen molar-refractivity contribution >= 4 is 20.2 Å². The smallest absolute Gasteiger partial charge is 0.282 e. The normalized spacial score (nSPS) is 14.2. The highest BCUT2D eigenvalue weighted by Crippen LogP contribution is 2.48. The van der Waals surface area contributed by atoms with Gasteiger partial charge in [0.2, 0.25) is 0 Å². The van der Waals surface area contributed by atoms with Gasteiger partial charge in [-0.2, -0.15) is 69.5 Å². The van der Waals surface area contributed by atoms with E-state index in [1.54, 1.807) is 0 Å². The summed E-state index contributed by atoms with van der Waals surface area (Å²) in [7, 11) is -12.1. The maximum atomic E-state index is 13.7. The first-order valence-corrected chi connectivity index (χ1v) is 11.6. The highest BCUT2D eigenvalue weighted by atomic mass is 32.2. The van der Waals surface area contributed by atoms with Gasteiger partial charge in [-0.25, -0.2) is 0 Å². The molecule has 0 saturated heterocycles. The van der Waals surface area contributed by atoms with Crippen molar-refractivity contribution in [1.82, 2.24) is 0 Å². The number of halogens is 12. The third-order valence-corrected chi connectivity index (χ3v) is 6.43. The molecule has 2 N–H and O–H groups in total. The second-order valence-electron chi connectivity index (χ2n) is 7.05. The van der Waals surface area contributed by atoms with E-state index in [-0.39, 0.29) is 0 Å². The Hall–Kier alpha value is -2.58. The summed E-state index contributed by atoms with van der Waals surface area (Å²) in [5.41, 5.74) is -16.0. The molecule has 0 fully saturated rings. The monoisotopic (exact) mass is 600 g/mol. The van der Waals surface area contributed by atoms with Crippen molar-refractivity contribution in [3.05, 3.63) is 57.6 Å². The lowest BCUT2D eigenvalue weighted by Gasteiger charge is -2.25. The second kappa shape index (κ2) is 9.02. The average molecular weight is 600 g/mol. The van der Waals surface area contributed by atoms with Crippen LogP contribution in [0.2, 0.25) is 0 Å². The summed E-state index contributed by atoms with van der Waals surface area (Å²) in [5.74, 6) is 0. The summed E-state index contributed by atoms with van der Waals surface area (Å²) < 4.78 is 227. The molecule has 6 nitrogen and oxygen atoms in total. The van der Waals surface area contributed by atoms with E-state index in [1.165, 1.54) is 0 Å². The average Bonchev–Trinajstić information content (AvgIpc) is 2.62. The van der Waals surface area contributed by atoms with Crippen LogP contribution in [0.15, 0.2) is 34.1 Å². The molecule has 0 heterocycles. The van der Waals surface area contributed by atoms with Gasteiger partial charge in [0.15, 0.2) is 0 Å². The molecular formula is C17H8F12O6S2. The molecule has 0 spiro atoms. The van der Waals surface area contributed by atoms with Crippen LogP contribution in [-0.2, 0) is 51.4 Å². The zero-order valence-electron chi connectivity index (χ0n) is 16.9. The van der Waals surface area contributed by atoms with Gasteiger partial charge in [-0.3, -0.25) is 9.11 Å². The number of alkyl halides is 12.